The van der Waals surface area contributed by atoms with Gasteiger partial charge in [-0.25, -0.2) is 9.59 Å². The molecule has 0 saturated carbocycles. The van der Waals surface area contributed by atoms with Gasteiger partial charge in [0.2, 0.25) is 0 Å². The van der Waals surface area contributed by atoms with E-state index in [9.17, 15) is 9.59 Å². The Labute approximate surface area is 90.2 Å². The minimum absolute atomic E-state index is 0.306. The maximum atomic E-state index is 11.5. The molecule has 4 nitrogen and oxygen atoms in total. The first kappa shape index (κ1) is 13.7. The third kappa shape index (κ3) is 3.73. The molecule has 86 valence electrons. The average molecular weight is 214 g/mol. The van der Waals surface area contributed by atoms with Gasteiger partial charge in [0.15, 0.2) is 0 Å². The Morgan fingerprint density at radius 3 is 1.73 bits per heavy atom. The predicted octanol–water partition coefficient (Wildman–Crippen LogP) is 1.84. The van der Waals surface area contributed by atoms with E-state index in [0.29, 0.717) is 30.6 Å². The van der Waals surface area contributed by atoms with E-state index in [0.717, 1.165) is 0 Å². The van der Waals surface area contributed by atoms with Gasteiger partial charge in [-0.3, -0.25) is 0 Å². The molecular weight excluding hydrogens is 196 g/mol. The maximum absolute atomic E-state index is 11.5. The zero-order valence-electron chi connectivity index (χ0n) is 9.75. The van der Waals surface area contributed by atoms with Crippen molar-refractivity contribution in [1.29, 1.82) is 0 Å². The second-order valence-electron chi connectivity index (χ2n) is 2.88. The second-order valence-corrected chi connectivity index (χ2v) is 2.88. The normalized spacial score (nSPS) is 11.7. The number of hydrogen-bond acceptors (Lipinski definition) is 4. The summed E-state index contributed by atoms with van der Waals surface area (Å²) in [5.41, 5.74) is 0.810. The monoisotopic (exact) mass is 214 g/mol. The van der Waals surface area contributed by atoms with Crippen molar-refractivity contribution >= 4 is 11.9 Å². The maximum Gasteiger partial charge on any atom is 0.334 e. The molecule has 0 aromatic carbocycles. The minimum Gasteiger partial charge on any atom is -0.466 e. The summed E-state index contributed by atoms with van der Waals surface area (Å²) in [7, 11) is 1.30. The quantitative estimate of drug-likeness (QED) is 0.517. The van der Waals surface area contributed by atoms with Gasteiger partial charge >= 0.3 is 11.9 Å². The molecule has 15 heavy (non-hydrogen) atoms. The number of rotatable bonds is 5. The van der Waals surface area contributed by atoms with Crippen molar-refractivity contribution in [1.82, 2.24) is 0 Å². The van der Waals surface area contributed by atoms with E-state index in [1.807, 2.05) is 6.92 Å². The molecule has 0 saturated heterocycles. The Balaban J connectivity index is 5.06. The smallest absolute Gasteiger partial charge is 0.334 e. The average Bonchev–Trinajstić information content (AvgIpc) is 2.24. The van der Waals surface area contributed by atoms with Gasteiger partial charge in [-0.15, -0.1) is 0 Å². The fraction of sp³-hybridized carbons (Fsp3) is 0.636. The van der Waals surface area contributed by atoms with E-state index in [4.69, 9.17) is 4.74 Å². The van der Waals surface area contributed by atoms with Crippen LogP contribution in [0.25, 0.3) is 0 Å². The Morgan fingerprint density at radius 2 is 1.40 bits per heavy atom. The summed E-state index contributed by atoms with van der Waals surface area (Å²) in [4.78, 5) is 22.9. The van der Waals surface area contributed by atoms with Gasteiger partial charge in [-0.2, -0.15) is 0 Å². The summed E-state index contributed by atoms with van der Waals surface area (Å²) in [6, 6.07) is 0. The molecule has 0 fully saturated rings. The lowest BCUT2D eigenvalue weighted by Gasteiger charge is -2.09. The molecule has 0 radical (unpaired) electrons. The highest BCUT2D eigenvalue weighted by Crippen LogP contribution is 2.15. The first-order valence-corrected chi connectivity index (χ1v) is 5.09. The first-order chi connectivity index (χ1) is 7.12. The third-order valence-corrected chi connectivity index (χ3v) is 2.03. The van der Waals surface area contributed by atoms with E-state index in [-0.39, 0.29) is 0 Å². The Hall–Kier alpha value is -1.32. The van der Waals surface area contributed by atoms with Gasteiger partial charge in [-0.05, 0) is 19.8 Å². The first-order valence-electron chi connectivity index (χ1n) is 5.09. The van der Waals surface area contributed by atoms with Crippen LogP contribution < -0.4 is 0 Å². The summed E-state index contributed by atoms with van der Waals surface area (Å²) < 4.78 is 9.48. The molecule has 0 aliphatic heterocycles. The van der Waals surface area contributed by atoms with E-state index in [1.54, 1.807) is 13.8 Å². The zero-order chi connectivity index (χ0) is 11.8. The highest BCUT2D eigenvalue weighted by molar-refractivity contribution is 6.00. The summed E-state index contributed by atoms with van der Waals surface area (Å²) in [6.07, 6.45) is 0.936. The van der Waals surface area contributed by atoms with Gasteiger partial charge in [0.25, 0.3) is 0 Å². The van der Waals surface area contributed by atoms with Crippen molar-refractivity contribution in [2.75, 3.05) is 13.7 Å². The molecule has 0 aliphatic carbocycles. The number of carbonyl (C=O) groups is 2. The largest absolute Gasteiger partial charge is 0.466 e. The van der Waals surface area contributed by atoms with Crippen molar-refractivity contribution in [3.63, 3.8) is 0 Å². The summed E-state index contributed by atoms with van der Waals surface area (Å²) >= 11 is 0. The molecule has 0 N–H and O–H groups in total. The van der Waals surface area contributed by atoms with Gasteiger partial charge in [0.05, 0.1) is 13.7 Å². The van der Waals surface area contributed by atoms with Crippen molar-refractivity contribution in [2.45, 2.75) is 33.6 Å². The van der Waals surface area contributed by atoms with Crippen molar-refractivity contribution < 1.29 is 19.1 Å². The third-order valence-electron chi connectivity index (χ3n) is 2.03. The zero-order valence-corrected chi connectivity index (χ0v) is 9.75. The molecule has 0 aromatic heterocycles. The van der Waals surface area contributed by atoms with Crippen molar-refractivity contribution in [3.8, 4) is 0 Å². The van der Waals surface area contributed by atoms with Crippen LogP contribution in [-0.2, 0) is 19.1 Å². The van der Waals surface area contributed by atoms with Crippen LogP contribution in [0.5, 0.6) is 0 Å². The Kier molecular flexibility index (Phi) is 6.42. The molecule has 0 amide bonds. The van der Waals surface area contributed by atoms with Crippen LogP contribution in [0.1, 0.15) is 33.6 Å². The van der Waals surface area contributed by atoms with Crippen LogP contribution >= 0.6 is 0 Å². The molecule has 0 bridgehead atoms. The van der Waals surface area contributed by atoms with Gasteiger partial charge in [0.1, 0.15) is 0 Å². The lowest BCUT2D eigenvalue weighted by Crippen LogP contribution is -2.15. The number of hydrogen-bond donors (Lipinski definition) is 0. The topological polar surface area (TPSA) is 52.6 Å². The number of ether oxygens (including phenoxy) is 2. The highest BCUT2D eigenvalue weighted by atomic mass is 16.5. The van der Waals surface area contributed by atoms with E-state index < -0.39 is 11.9 Å². The van der Waals surface area contributed by atoms with Crippen molar-refractivity contribution in [2.24, 2.45) is 0 Å². The van der Waals surface area contributed by atoms with E-state index in [2.05, 4.69) is 4.74 Å². The summed E-state index contributed by atoms with van der Waals surface area (Å²) in [6.45, 7) is 5.65. The van der Waals surface area contributed by atoms with Gasteiger partial charge in [-0.1, -0.05) is 13.8 Å². The fourth-order valence-corrected chi connectivity index (χ4v) is 1.30. The van der Waals surface area contributed by atoms with Crippen LogP contribution in [0.15, 0.2) is 11.1 Å². The van der Waals surface area contributed by atoms with Crippen LogP contribution in [0.4, 0.5) is 0 Å². The number of carbonyl (C=O) groups excluding carboxylic acids is 2. The van der Waals surface area contributed by atoms with E-state index in [1.165, 1.54) is 7.11 Å². The van der Waals surface area contributed by atoms with Crippen LogP contribution in [0.3, 0.4) is 0 Å². The molecule has 0 heterocycles. The van der Waals surface area contributed by atoms with Crippen LogP contribution in [0.2, 0.25) is 0 Å². The van der Waals surface area contributed by atoms with Gasteiger partial charge in [0, 0.05) is 11.1 Å². The molecule has 4 heteroatoms. The molecule has 0 aromatic rings. The molecule has 0 rings (SSSR count). The number of methoxy groups -OCH3 is 1. The lowest BCUT2D eigenvalue weighted by molar-refractivity contribution is -0.141. The highest BCUT2D eigenvalue weighted by Gasteiger charge is 2.19. The molecule has 0 aliphatic rings. The van der Waals surface area contributed by atoms with E-state index >= 15 is 0 Å². The fourth-order valence-electron chi connectivity index (χ4n) is 1.30. The molecule has 0 unspecified atom stereocenters. The molecular formula is C11H18O4. The van der Waals surface area contributed by atoms with Crippen LogP contribution in [0, 0.1) is 0 Å². The minimum atomic E-state index is -0.456. The SMILES string of the molecule is CCOC(=O)/C(CC)=C(/CC)C(=O)OC. The second kappa shape index (κ2) is 7.04. The number of esters is 2. The van der Waals surface area contributed by atoms with Crippen LogP contribution in [-0.4, -0.2) is 25.7 Å². The summed E-state index contributed by atoms with van der Waals surface area (Å²) in [5, 5.41) is 0. The van der Waals surface area contributed by atoms with Crippen molar-refractivity contribution in [3.05, 3.63) is 11.1 Å². The Morgan fingerprint density at radius 1 is 0.933 bits per heavy atom. The standard InChI is InChI=1S/C11H18O4/c1-5-8(10(12)14-4)9(6-2)11(13)15-7-3/h5-7H2,1-4H3/b9-8-. The molecule has 0 atom stereocenters. The predicted molar refractivity (Wildman–Crippen MR) is 56.3 cm³/mol. The van der Waals surface area contributed by atoms with Gasteiger partial charge < -0.3 is 9.47 Å². The molecule has 0 spiro atoms. The summed E-state index contributed by atoms with van der Waals surface area (Å²) in [5.74, 6) is -0.885. The Bertz CT molecular complexity index is 266. The lowest BCUT2D eigenvalue weighted by atomic mass is 10.0.